The van der Waals surface area contributed by atoms with Gasteiger partial charge in [0.15, 0.2) is 11.6 Å². The van der Waals surface area contributed by atoms with Crippen molar-refractivity contribution in [2.75, 3.05) is 5.32 Å². The van der Waals surface area contributed by atoms with Crippen LogP contribution in [0.2, 0.25) is 0 Å². The summed E-state index contributed by atoms with van der Waals surface area (Å²) in [4.78, 5) is 30.7. The van der Waals surface area contributed by atoms with E-state index in [9.17, 15) is 23.5 Å². The number of halogens is 3. The number of benzene rings is 1. The highest BCUT2D eigenvalue weighted by Crippen LogP contribution is 2.30. The van der Waals surface area contributed by atoms with Gasteiger partial charge in [0, 0.05) is 36.0 Å². The van der Waals surface area contributed by atoms with Crippen LogP contribution in [0.4, 0.5) is 24.7 Å². The van der Waals surface area contributed by atoms with Crippen LogP contribution in [0.5, 0.6) is 0 Å². The largest absolute Gasteiger partial charge is 0.392 e. The highest BCUT2D eigenvalue weighted by molar-refractivity contribution is 5.83. The molecule has 0 aliphatic carbocycles. The first-order chi connectivity index (χ1) is 19.4. The van der Waals surface area contributed by atoms with E-state index in [0.717, 1.165) is 10.9 Å². The van der Waals surface area contributed by atoms with Crippen LogP contribution in [0.3, 0.4) is 0 Å². The zero-order valence-corrected chi connectivity index (χ0v) is 22.4. The number of fused-ring (bicyclic) bond motifs is 1. The fourth-order valence-electron chi connectivity index (χ4n) is 4.42. The molecule has 0 fully saturated rings. The van der Waals surface area contributed by atoms with Gasteiger partial charge in [-0.05, 0) is 40.8 Å². The number of nitrogens with zero attached hydrogens (tertiary/aromatic N) is 7. The van der Waals surface area contributed by atoms with Crippen LogP contribution in [-0.2, 0) is 19.1 Å². The van der Waals surface area contributed by atoms with E-state index in [-0.39, 0.29) is 38.5 Å². The number of hydrogen-bond acceptors (Lipinski definition) is 8. The molecule has 0 atom stereocenters. The van der Waals surface area contributed by atoms with Crippen LogP contribution in [-0.4, -0.2) is 39.4 Å². The summed E-state index contributed by atoms with van der Waals surface area (Å²) in [5, 5.41) is 24.5. The zero-order valence-electron chi connectivity index (χ0n) is 22.4. The summed E-state index contributed by atoms with van der Waals surface area (Å²) in [5.41, 5.74) is 0.0824. The summed E-state index contributed by atoms with van der Waals surface area (Å²) in [6.45, 7) is 2.25. The van der Waals surface area contributed by atoms with Crippen LogP contribution in [0.15, 0.2) is 58.6 Å². The molecule has 0 spiro atoms. The molecule has 1 aromatic carbocycles. The molecular weight excluding hydrogens is 541 g/mol. The molecule has 0 bridgehead atoms. The lowest BCUT2D eigenvalue weighted by Crippen LogP contribution is -2.25. The lowest BCUT2D eigenvalue weighted by molar-refractivity contribution is 0.0416. The summed E-state index contributed by atoms with van der Waals surface area (Å²) < 4.78 is 43.1. The van der Waals surface area contributed by atoms with Crippen molar-refractivity contribution in [2.24, 2.45) is 7.05 Å². The van der Waals surface area contributed by atoms with Crippen molar-refractivity contribution in [3.8, 4) is 16.9 Å². The van der Waals surface area contributed by atoms with Crippen molar-refractivity contribution in [1.82, 2.24) is 34.3 Å². The lowest BCUT2D eigenvalue weighted by atomic mass is 9.86. The number of alkyl halides is 2. The van der Waals surface area contributed by atoms with Crippen molar-refractivity contribution < 1.29 is 18.3 Å². The molecule has 4 heterocycles. The Hall–Kier alpha value is -4.85. The van der Waals surface area contributed by atoms with Crippen molar-refractivity contribution in [1.29, 1.82) is 0 Å². The quantitative estimate of drug-likeness (QED) is 0.317. The molecule has 4 aromatic heterocycles. The number of pyridine rings is 2. The van der Waals surface area contributed by atoms with Crippen molar-refractivity contribution in [2.45, 2.75) is 39.3 Å². The van der Waals surface area contributed by atoms with E-state index in [2.05, 4.69) is 25.6 Å². The molecule has 2 N–H and O–H groups in total. The summed E-state index contributed by atoms with van der Waals surface area (Å²) in [5.74, 6) is -0.812. The van der Waals surface area contributed by atoms with Crippen molar-refractivity contribution >= 4 is 22.3 Å². The third kappa shape index (κ3) is 5.09. The number of aliphatic hydroxyl groups excluding tert-OH is 1. The van der Waals surface area contributed by atoms with Gasteiger partial charge >= 0.3 is 6.55 Å². The van der Waals surface area contributed by atoms with Crippen LogP contribution in [0.1, 0.15) is 38.4 Å². The Morgan fingerprint density at radius 2 is 1.83 bits per heavy atom. The Morgan fingerprint density at radius 1 is 1.07 bits per heavy atom. The molecule has 41 heavy (non-hydrogen) atoms. The molecule has 11 nitrogen and oxygen atoms in total. The van der Waals surface area contributed by atoms with Crippen LogP contribution in [0.25, 0.3) is 27.7 Å². The van der Waals surface area contributed by atoms with Crippen molar-refractivity contribution in [3.05, 3.63) is 86.7 Å². The van der Waals surface area contributed by atoms with Crippen LogP contribution in [0, 0.1) is 5.82 Å². The third-order valence-corrected chi connectivity index (χ3v) is 6.54. The number of anilines is 2. The van der Waals surface area contributed by atoms with Gasteiger partial charge in [-0.15, -0.1) is 9.90 Å². The van der Waals surface area contributed by atoms with Crippen molar-refractivity contribution in [3.63, 3.8) is 0 Å². The Balaban J connectivity index is 1.63. The van der Waals surface area contributed by atoms with Crippen LogP contribution >= 0.6 is 0 Å². The number of aromatic nitrogens is 7. The van der Waals surface area contributed by atoms with Gasteiger partial charge in [0.1, 0.15) is 11.5 Å². The third-order valence-electron chi connectivity index (χ3n) is 6.54. The van der Waals surface area contributed by atoms with Gasteiger partial charge in [0.05, 0.1) is 24.4 Å². The van der Waals surface area contributed by atoms with E-state index in [4.69, 9.17) is 0 Å². The Bertz CT molecular complexity index is 1910. The molecule has 5 aromatic rings. The van der Waals surface area contributed by atoms with Gasteiger partial charge in [-0.2, -0.15) is 23.7 Å². The highest BCUT2D eigenvalue weighted by atomic mass is 19.3. The molecule has 0 radical (unpaired) electrons. The lowest BCUT2D eigenvalue weighted by Gasteiger charge is -2.20. The fourth-order valence-corrected chi connectivity index (χ4v) is 4.42. The average Bonchev–Trinajstić information content (AvgIpc) is 3.39. The topological polar surface area (TPSA) is 133 Å². The number of rotatable bonds is 6. The Morgan fingerprint density at radius 3 is 2.49 bits per heavy atom. The smallest absolute Gasteiger partial charge is 0.348 e. The number of aliphatic hydroxyl groups is 1. The monoisotopic (exact) mass is 566 g/mol. The minimum atomic E-state index is -2.96. The zero-order chi connectivity index (χ0) is 29.6. The first-order valence-electron chi connectivity index (χ1n) is 12.4. The standard InChI is InChI=1S/C27H25F3N8O3/c1-27(2,3)16-7-14-10-32-37(25(41)22(14)19(28)9-16)23-18(13-39)17(5-6-31-23)15-8-20(24(40)36(4)12-15)34-21-11-33-38(35-21)26(29)30/h5-12,26,39H,13H2,1-4H3,(H,34,35). The van der Waals surface area contributed by atoms with E-state index in [1.54, 1.807) is 12.1 Å². The maximum absolute atomic E-state index is 15.2. The van der Waals surface area contributed by atoms with Gasteiger partial charge in [-0.1, -0.05) is 20.8 Å². The molecule has 0 saturated carbocycles. The fraction of sp³-hybridized carbons (Fsp3) is 0.259. The van der Waals surface area contributed by atoms with E-state index < -0.39 is 30.1 Å². The SMILES string of the molecule is Cn1cc(-c2ccnc(-n3ncc4cc(C(C)(C)C)cc(F)c4c3=O)c2CO)cc(Nc2cnn(C(F)F)n2)c1=O. The van der Waals surface area contributed by atoms with E-state index in [0.29, 0.717) is 22.1 Å². The normalized spacial score (nSPS) is 11.9. The second kappa shape index (κ2) is 10.3. The summed E-state index contributed by atoms with van der Waals surface area (Å²) >= 11 is 0. The molecule has 0 unspecified atom stereocenters. The number of nitrogens with one attached hydrogen (secondary N) is 1. The van der Waals surface area contributed by atoms with E-state index in [1.165, 1.54) is 42.3 Å². The minimum Gasteiger partial charge on any atom is -0.392 e. The second-order valence-electron chi connectivity index (χ2n) is 10.4. The predicted molar refractivity (Wildman–Crippen MR) is 145 cm³/mol. The number of aryl methyl sites for hydroxylation is 1. The van der Waals surface area contributed by atoms with Gasteiger partial charge in [-0.3, -0.25) is 9.59 Å². The first kappa shape index (κ1) is 27.7. The van der Waals surface area contributed by atoms with Crippen LogP contribution < -0.4 is 16.4 Å². The molecule has 212 valence electrons. The molecular formula is C27H25F3N8O3. The average molecular weight is 567 g/mol. The number of hydrogen-bond donors (Lipinski definition) is 2. The summed E-state index contributed by atoms with van der Waals surface area (Å²) in [6.07, 6.45) is 5.29. The first-order valence-corrected chi connectivity index (χ1v) is 12.4. The highest BCUT2D eigenvalue weighted by Gasteiger charge is 2.21. The summed E-state index contributed by atoms with van der Waals surface area (Å²) in [6, 6.07) is 6.04. The molecule has 0 amide bonds. The predicted octanol–water partition coefficient (Wildman–Crippen LogP) is 3.81. The Kier molecular flexibility index (Phi) is 6.95. The maximum Gasteiger partial charge on any atom is 0.348 e. The molecule has 5 rings (SSSR count). The van der Waals surface area contributed by atoms with Gasteiger partial charge < -0.3 is 15.0 Å². The van der Waals surface area contributed by atoms with Gasteiger partial charge in [0.2, 0.25) is 0 Å². The van der Waals surface area contributed by atoms with Gasteiger partial charge in [0.25, 0.3) is 11.1 Å². The molecule has 0 aliphatic heterocycles. The summed E-state index contributed by atoms with van der Waals surface area (Å²) in [7, 11) is 1.48. The minimum absolute atomic E-state index is 0.00807. The van der Waals surface area contributed by atoms with E-state index in [1.807, 2.05) is 20.8 Å². The van der Waals surface area contributed by atoms with E-state index >= 15 is 4.39 Å². The maximum atomic E-state index is 15.2. The molecule has 0 aliphatic rings. The molecule has 14 heteroatoms. The Labute approximate surface area is 230 Å². The molecule has 0 saturated heterocycles. The van der Waals surface area contributed by atoms with Gasteiger partial charge in [-0.25, -0.2) is 9.37 Å². The second-order valence-corrected chi connectivity index (χ2v) is 10.4.